The van der Waals surface area contributed by atoms with Crippen molar-refractivity contribution in [1.29, 1.82) is 0 Å². The van der Waals surface area contributed by atoms with E-state index < -0.39 is 5.60 Å². The molecule has 2 saturated heterocycles. The van der Waals surface area contributed by atoms with E-state index in [0.717, 1.165) is 25.9 Å². The summed E-state index contributed by atoms with van der Waals surface area (Å²) in [5.74, 6) is 0.599. The summed E-state index contributed by atoms with van der Waals surface area (Å²) in [5, 5.41) is 13.7. The van der Waals surface area contributed by atoms with E-state index in [9.17, 15) is 9.90 Å². The Morgan fingerprint density at radius 3 is 2.84 bits per heavy atom. The number of hydrogen-bond acceptors (Lipinski definition) is 4. The number of hydrogen-bond donors (Lipinski definition) is 2. The van der Waals surface area contributed by atoms with E-state index in [2.05, 4.69) is 5.32 Å². The number of carbonyl (C=O) groups is 1. The molecule has 5 heteroatoms. The number of nitrogens with one attached hydrogen (secondary N) is 1. The largest absolute Gasteiger partial charge is 0.388 e. The smallest absolute Gasteiger partial charge is 0.222 e. The lowest BCUT2D eigenvalue weighted by molar-refractivity contribution is -0.137. The highest BCUT2D eigenvalue weighted by Gasteiger charge is 2.32. The molecule has 0 spiro atoms. The van der Waals surface area contributed by atoms with Gasteiger partial charge >= 0.3 is 0 Å². The second kappa shape index (κ2) is 6.68. The van der Waals surface area contributed by atoms with Crippen LogP contribution in [0, 0.1) is 5.92 Å². The van der Waals surface area contributed by atoms with Gasteiger partial charge in [-0.25, -0.2) is 0 Å². The molecule has 0 aliphatic carbocycles. The molecule has 0 radical (unpaired) electrons. The van der Waals surface area contributed by atoms with Gasteiger partial charge in [0.05, 0.1) is 5.60 Å². The van der Waals surface area contributed by atoms with Crippen molar-refractivity contribution in [2.75, 3.05) is 39.9 Å². The highest BCUT2D eigenvalue weighted by molar-refractivity contribution is 5.76. The monoisotopic (exact) mass is 270 g/mol. The first-order valence-corrected chi connectivity index (χ1v) is 7.34. The summed E-state index contributed by atoms with van der Waals surface area (Å²) in [6, 6.07) is 0. The topological polar surface area (TPSA) is 61.8 Å². The van der Waals surface area contributed by atoms with Crippen molar-refractivity contribution >= 4 is 5.91 Å². The second-order valence-corrected chi connectivity index (χ2v) is 6.00. The lowest BCUT2D eigenvalue weighted by atomic mass is 9.92. The molecule has 2 aliphatic rings. The van der Waals surface area contributed by atoms with Crippen molar-refractivity contribution < 1.29 is 14.6 Å². The quantitative estimate of drug-likeness (QED) is 0.775. The number of ether oxygens (including phenoxy) is 1. The van der Waals surface area contributed by atoms with Crippen LogP contribution in [0.25, 0.3) is 0 Å². The first kappa shape index (κ1) is 14.8. The Kier molecular flexibility index (Phi) is 5.19. The van der Waals surface area contributed by atoms with Crippen LogP contribution in [0.15, 0.2) is 0 Å². The summed E-state index contributed by atoms with van der Waals surface area (Å²) in [6.07, 6.45) is 4.12. The summed E-state index contributed by atoms with van der Waals surface area (Å²) in [4.78, 5) is 13.9. The zero-order chi connectivity index (χ0) is 13.7. The van der Waals surface area contributed by atoms with Crippen LogP contribution in [0.4, 0.5) is 0 Å². The molecule has 2 rings (SSSR count). The van der Waals surface area contributed by atoms with Gasteiger partial charge in [0.15, 0.2) is 0 Å². The molecule has 0 aromatic carbocycles. The number of likely N-dealkylation sites (N-methyl/N-ethyl adjacent to an activating group) is 1. The van der Waals surface area contributed by atoms with Gasteiger partial charge in [-0.05, 0) is 31.8 Å². The van der Waals surface area contributed by atoms with E-state index in [1.807, 2.05) is 0 Å². The molecule has 0 saturated carbocycles. The van der Waals surface area contributed by atoms with Crippen molar-refractivity contribution in [3.8, 4) is 0 Å². The summed E-state index contributed by atoms with van der Waals surface area (Å²) in [7, 11) is 1.80. The van der Waals surface area contributed by atoms with Crippen molar-refractivity contribution in [2.24, 2.45) is 5.92 Å². The van der Waals surface area contributed by atoms with Gasteiger partial charge in [0.25, 0.3) is 0 Å². The van der Waals surface area contributed by atoms with Crippen molar-refractivity contribution in [1.82, 2.24) is 10.2 Å². The van der Waals surface area contributed by atoms with Crippen molar-refractivity contribution in [3.05, 3.63) is 0 Å². The van der Waals surface area contributed by atoms with Gasteiger partial charge in [-0.3, -0.25) is 4.79 Å². The third-order valence-electron chi connectivity index (χ3n) is 4.24. The van der Waals surface area contributed by atoms with Crippen LogP contribution >= 0.6 is 0 Å². The molecule has 1 unspecified atom stereocenters. The molecule has 110 valence electrons. The zero-order valence-corrected chi connectivity index (χ0v) is 11.9. The Morgan fingerprint density at radius 2 is 2.21 bits per heavy atom. The predicted molar refractivity (Wildman–Crippen MR) is 72.9 cm³/mol. The van der Waals surface area contributed by atoms with Gasteiger partial charge in [0, 0.05) is 46.1 Å². The molecular weight excluding hydrogens is 244 g/mol. The third kappa shape index (κ3) is 4.44. The van der Waals surface area contributed by atoms with Gasteiger partial charge < -0.3 is 20.1 Å². The summed E-state index contributed by atoms with van der Waals surface area (Å²) in [5.41, 5.74) is -0.756. The van der Waals surface area contributed by atoms with Crippen LogP contribution < -0.4 is 5.32 Å². The fourth-order valence-corrected chi connectivity index (χ4v) is 2.94. The number of nitrogens with zero attached hydrogens (tertiary/aromatic N) is 1. The molecule has 2 fully saturated rings. The highest BCUT2D eigenvalue weighted by Crippen LogP contribution is 2.22. The minimum Gasteiger partial charge on any atom is -0.388 e. The van der Waals surface area contributed by atoms with Crippen LogP contribution in [-0.4, -0.2) is 61.4 Å². The molecule has 2 aliphatic heterocycles. The molecule has 0 aromatic heterocycles. The normalized spacial score (nSPS) is 26.9. The van der Waals surface area contributed by atoms with Gasteiger partial charge in [-0.1, -0.05) is 0 Å². The van der Waals surface area contributed by atoms with E-state index in [4.69, 9.17) is 4.74 Å². The molecule has 2 heterocycles. The number of aliphatic hydroxyl groups is 1. The minimum absolute atomic E-state index is 0.147. The third-order valence-corrected chi connectivity index (χ3v) is 4.24. The predicted octanol–water partition coefficient (Wildman–Crippen LogP) is 0.376. The Labute approximate surface area is 115 Å². The standard InChI is InChI=1S/C14H26N2O3/c1-16(11-14(18)4-7-19-8-5-14)13(17)9-12-3-2-6-15-10-12/h12,15,18H,2-11H2,1H3. The summed E-state index contributed by atoms with van der Waals surface area (Å²) < 4.78 is 5.26. The van der Waals surface area contributed by atoms with Crippen LogP contribution in [0.5, 0.6) is 0 Å². The lowest BCUT2D eigenvalue weighted by Gasteiger charge is -2.36. The van der Waals surface area contributed by atoms with Gasteiger partial charge in [-0.15, -0.1) is 0 Å². The average molecular weight is 270 g/mol. The van der Waals surface area contributed by atoms with Gasteiger partial charge in [-0.2, -0.15) is 0 Å². The van der Waals surface area contributed by atoms with Crippen LogP contribution in [0.2, 0.25) is 0 Å². The number of carbonyl (C=O) groups excluding carboxylic acids is 1. The first-order valence-electron chi connectivity index (χ1n) is 7.34. The van der Waals surface area contributed by atoms with E-state index in [-0.39, 0.29) is 5.91 Å². The molecule has 2 N–H and O–H groups in total. The maximum Gasteiger partial charge on any atom is 0.222 e. The van der Waals surface area contributed by atoms with E-state index in [0.29, 0.717) is 44.9 Å². The van der Waals surface area contributed by atoms with Crippen LogP contribution in [0.1, 0.15) is 32.1 Å². The van der Waals surface area contributed by atoms with E-state index in [1.165, 1.54) is 0 Å². The number of piperidine rings is 1. The van der Waals surface area contributed by atoms with E-state index in [1.54, 1.807) is 11.9 Å². The molecule has 1 atom stereocenters. The summed E-state index contributed by atoms with van der Waals surface area (Å²) in [6.45, 7) is 3.61. The minimum atomic E-state index is -0.756. The molecular formula is C14H26N2O3. The fourth-order valence-electron chi connectivity index (χ4n) is 2.94. The first-order chi connectivity index (χ1) is 9.09. The van der Waals surface area contributed by atoms with Gasteiger partial charge in [0.2, 0.25) is 5.91 Å². The fraction of sp³-hybridized carbons (Fsp3) is 0.929. The Hall–Kier alpha value is -0.650. The highest BCUT2D eigenvalue weighted by atomic mass is 16.5. The Bertz CT molecular complexity index is 297. The van der Waals surface area contributed by atoms with Gasteiger partial charge in [0.1, 0.15) is 0 Å². The Morgan fingerprint density at radius 1 is 1.47 bits per heavy atom. The van der Waals surface area contributed by atoms with Crippen LogP contribution in [0.3, 0.4) is 0 Å². The van der Waals surface area contributed by atoms with Crippen molar-refractivity contribution in [3.63, 3.8) is 0 Å². The summed E-state index contributed by atoms with van der Waals surface area (Å²) >= 11 is 0. The SMILES string of the molecule is CN(CC1(O)CCOCC1)C(=O)CC1CCCNC1. The van der Waals surface area contributed by atoms with E-state index >= 15 is 0 Å². The molecule has 0 bridgehead atoms. The number of rotatable bonds is 4. The molecule has 5 nitrogen and oxygen atoms in total. The lowest BCUT2D eigenvalue weighted by Crippen LogP contribution is -2.47. The van der Waals surface area contributed by atoms with Crippen molar-refractivity contribution in [2.45, 2.75) is 37.7 Å². The Balaban J connectivity index is 1.77. The number of amides is 1. The average Bonchev–Trinajstić information content (AvgIpc) is 2.40. The zero-order valence-electron chi connectivity index (χ0n) is 11.9. The second-order valence-electron chi connectivity index (χ2n) is 6.00. The molecule has 0 aromatic rings. The van der Waals surface area contributed by atoms with Crippen LogP contribution in [-0.2, 0) is 9.53 Å². The molecule has 1 amide bonds. The maximum atomic E-state index is 12.2. The molecule has 19 heavy (non-hydrogen) atoms. The maximum absolute atomic E-state index is 12.2.